The number of hydrogen-bond donors (Lipinski definition) is 0. The van der Waals surface area contributed by atoms with Crippen molar-refractivity contribution < 1.29 is 13.2 Å². The fraction of sp³-hybridized carbons (Fsp3) is 0.192. The van der Waals surface area contributed by atoms with Crippen LogP contribution in [0.25, 0.3) is 22.0 Å². The summed E-state index contributed by atoms with van der Waals surface area (Å²) in [6.07, 6.45) is 3.00. The third-order valence-corrected chi connectivity index (χ3v) is 7.76. The standard InChI is InChI=1S/C26H24N2O3S/c29-32(30,24-12-4-10-22(19-24)20-7-2-1-3-8-20)28-17-14-23(15-18-28)31-25-13-5-9-21-11-6-16-27-26(21)25/h1-13,16,19,23H,14-15,17-18H2. The average molecular weight is 445 g/mol. The fourth-order valence-corrected chi connectivity index (χ4v) is 5.67. The first kappa shape index (κ1) is 20.7. The SMILES string of the molecule is O=S(=O)(c1cccc(-c2ccccc2)c1)N1CCC(Oc2cccc3cccnc23)CC1. The lowest BCUT2D eigenvalue weighted by molar-refractivity contribution is 0.136. The molecule has 0 atom stereocenters. The molecule has 1 aliphatic rings. The van der Waals surface area contributed by atoms with Crippen molar-refractivity contribution in [2.45, 2.75) is 23.8 Å². The maximum Gasteiger partial charge on any atom is 0.243 e. The van der Waals surface area contributed by atoms with E-state index in [2.05, 4.69) is 4.98 Å². The van der Waals surface area contributed by atoms with Gasteiger partial charge in [0, 0.05) is 24.7 Å². The molecule has 0 spiro atoms. The van der Waals surface area contributed by atoms with Crippen molar-refractivity contribution in [2.24, 2.45) is 0 Å². The van der Waals surface area contributed by atoms with Gasteiger partial charge in [0.2, 0.25) is 10.0 Å². The van der Waals surface area contributed by atoms with Crippen molar-refractivity contribution in [2.75, 3.05) is 13.1 Å². The second kappa shape index (κ2) is 8.73. The summed E-state index contributed by atoms with van der Waals surface area (Å²) in [6, 6.07) is 26.8. The molecule has 0 N–H and O–H groups in total. The summed E-state index contributed by atoms with van der Waals surface area (Å²) >= 11 is 0. The quantitative estimate of drug-likeness (QED) is 0.428. The Labute approximate surface area is 188 Å². The number of rotatable bonds is 5. The van der Waals surface area contributed by atoms with Crippen molar-refractivity contribution in [3.8, 4) is 16.9 Å². The van der Waals surface area contributed by atoms with Gasteiger partial charge in [-0.3, -0.25) is 4.98 Å². The summed E-state index contributed by atoms with van der Waals surface area (Å²) in [5.41, 5.74) is 2.73. The van der Waals surface area contributed by atoms with Crippen LogP contribution in [0.5, 0.6) is 5.75 Å². The minimum absolute atomic E-state index is 0.0373. The van der Waals surface area contributed by atoms with E-state index in [1.807, 2.05) is 66.7 Å². The van der Waals surface area contributed by atoms with E-state index in [1.54, 1.807) is 28.7 Å². The number of nitrogens with zero attached hydrogens (tertiary/aromatic N) is 2. The molecule has 2 heterocycles. The van der Waals surface area contributed by atoms with Gasteiger partial charge >= 0.3 is 0 Å². The van der Waals surface area contributed by atoms with Gasteiger partial charge in [0.1, 0.15) is 17.4 Å². The first-order valence-corrected chi connectivity index (χ1v) is 12.2. The maximum absolute atomic E-state index is 13.3. The molecule has 32 heavy (non-hydrogen) atoms. The molecule has 0 radical (unpaired) electrons. The zero-order valence-corrected chi connectivity index (χ0v) is 18.4. The third-order valence-electron chi connectivity index (χ3n) is 5.87. The summed E-state index contributed by atoms with van der Waals surface area (Å²) in [5.74, 6) is 0.750. The summed E-state index contributed by atoms with van der Waals surface area (Å²) in [5, 5.41) is 1.03. The second-order valence-corrected chi connectivity index (χ2v) is 9.88. The number of sulfonamides is 1. The molecule has 162 valence electrons. The van der Waals surface area contributed by atoms with Crippen LogP contribution >= 0.6 is 0 Å². The first-order valence-electron chi connectivity index (χ1n) is 10.8. The Morgan fingerprint density at radius 3 is 2.34 bits per heavy atom. The highest BCUT2D eigenvalue weighted by Gasteiger charge is 2.30. The number of para-hydroxylation sites is 1. The van der Waals surface area contributed by atoms with Crippen LogP contribution in [0, 0.1) is 0 Å². The molecule has 0 aliphatic carbocycles. The number of hydrogen-bond acceptors (Lipinski definition) is 4. The second-order valence-electron chi connectivity index (χ2n) is 7.95. The highest BCUT2D eigenvalue weighted by atomic mass is 32.2. The van der Waals surface area contributed by atoms with Crippen molar-refractivity contribution in [1.82, 2.24) is 9.29 Å². The Morgan fingerprint density at radius 1 is 0.812 bits per heavy atom. The van der Waals surface area contributed by atoms with Gasteiger partial charge in [-0.05, 0) is 48.2 Å². The zero-order valence-electron chi connectivity index (χ0n) is 17.6. The van der Waals surface area contributed by atoms with Crippen molar-refractivity contribution in [3.63, 3.8) is 0 Å². The zero-order chi connectivity index (χ0) is 22.0. The fourth-order valence-electron chi connectivity index (χ4n) is 4.16. The van der Waals surface area contributed by atoms with Crippen LogP contribution in [0.3, 0.4) is 0 Å². The highest BCUT2D eigenvalue weighted by molar-refractivity contribution is 7.89. The first-order chi connectivity index (χ1) is 15.6. The molecule has 4 aromatic rings. The molecule has 1 aliphatic heterocycles. The smallest absolute Gasteiger partial charge is 0.243 e. The number of pyridine rings is 1. The van der Waals surface area contributed by atoms with Crippen LogP contribution in [0.1, 0.15) is 12.8 Å². The maximum atomic E-state index is 13.3. The predicted molar refractivity (Wildman–Crippen MR) is 126 cm³/mol. The van der Waals surface area contributed by atoms with Gasteiger partial charge in [0.05, 0.1) is 4.90 Å². The van der Waals surface area contributed by atoms with E-state index >= 15 is 0 Å². The molecule has 0 amide bonds. The number of benzene rings is 3. The van der Waals surface area contributed by atoms with Gasteiger partial charge in [-0.25, -0.2) is 8.42 Å². The monoisotopic (exact) mass is 444 g/mol. The minimum atomic E-state index is -3.56. The Hall–Kier alpha value is -3.22. The molecular formula is C26H24N2O3S. The van der Waals surface area contributed by atoms with Crippen molar-refractivity contribution in [3.05, 3.63) is 91.1 Å². The van der Waals surface area contributed by atoms with E-state index in [-0.39, 0.29) is 6.10 Å². The van der Waals surface area contributed by atoms with Crippen molar-refractivity contribution in [1.29, 1.82) is 0 Å². The van der Waals surface area contributed by atoms with Crippen molar-refractivity contribution >= 4 is 20.9 Å². The molecule has 3 aromatic carbocycles. The van der Waals surface area contributed by atoms with E-state index in [0.717, 1.165) is 27.8 Å². The Morgan fingerprint density at radius 2 is 1.53 bits per heavy atom. The summed E-state index contributed by atoms with van der Waals surface area (Å²) in [4.78, 5) is 4.77. The molecule has 1 fully saturated rings. The van der Waals surface area contributed by atoms with Gasteiger partial charge in [0.15, 0.2) is 0 Å². The van der Waals surface area contributed by atoms with Crippen LogP contribution < -0.4 is 4.74 Å². The highest BCUT2D eigenvalue weighted by Crippen LogP contribution is 2.29. The summed E-state index contributed by atoms with van der Waals surface area (Å²) in [7, 11) is -3.56. The number of fused-ring (bicyclic) bond motifs is 1. The van der Waals surface area contributed by atoms with Crippen LogP contribution in [-0.4, -0.2) is 36.9 Å². The van der Waals surface area contributed by atoms with Gasteiger partial charge in [0.25, 0.3) is 0 Å². The topological polar surface area (TPSA) is 59.5 Å². The normalized spacial score (nSPS) is 15.6. The van der Waals surface area contributed by atoms with Crippen LogP contribution in [0.15, 0.2) is 96.0 Å². The molecule has 5 nitrogen and oxygen atoms in total. The average Bonchev–Trinajstić information content (AvgIpc) is 2.85. The lowest BCUT2D eigenvalue weighted by Gasteiger charge is -2.31. The van der Waals surface area contributed by atoms with Gasteiger partial charge in [-0.15, -0.1) is 0 Å². The van der Waals surface area contributed by atoms with E-state index in [4.69, 9.17) is 4.74 Å². The predicted octanol–water partition coefficient (Wildman–Crippen LogP) is 5.13. The van der Waals surface area contributed by atoms with Crippen LogP contribution in [-0.2, 0) is 10.0 Å². The minimum Gasteiger partial charge on any atom is -0.488 e. The molecule has 6 heteroatoms. The van der Waals surface area contributed by atoms with Crippen LogP contribution in [0.2, 0.25) is 0 Å². The Bertz CT molecular complexity index is 1330. The Balaban J connectivity index is 1.30. The summed E-state index contributed by atoms with van der Waals surface area (Å²) < 4.78 is 34.4. The third kappa shape index (κ3) is 4.11. The lowest BCUT2D eigenvalue weighted by Crippen LogP contribution is -2.41. The van der Waals surface area contributed by atoms with Crippen LogP contribution in [0.4, 0.5) is 0 Å². The largest absolute Gasteiger partial charge is 0.488 e. The van der Waals surface area contributed by atoms with E-state index < -0.39 is 10.0 Å². The Kier molecular flexibility index (Phi) is 5.64. The number of piperidine rings is 1. The molecular weight excluding hydrogens is 420 g/mol. The van der Waals surface area contributed by atoms with E-state index in [1.165, 1.54) is 0 Å². The molecule has 0 bridgehead atoms. The molecule has 1 aromatic heterocycles. The number of aromatic nitrogens is 1. The van der Waals surface area contributed by atoms with Gasteiger partial charge in [-0.2, -0.15) is 4.31 Å². The summed E-state index contributed by atoms with van der Waals surface area (Å²) in [6.45, 7) is 0.863. The lowest BCUT2D eigenvalue weighted by atomic mass is 10.1. The molecule has 1 saturated heterocycles. The molecule has 0 unspecified atom stereocenters. The molecule has 0 saturated carbocycles. The van der Waals surface area contributed by atoms with Gasteiger partial charge < -0.3 is 4.74 Å². The van der Waals surface area contributed by atoms with E-state index in [0.29, 0.717) is 30.8 Å². The molecule has 5 rings (SSSR count). The number of ether oxygens (including phenoxy) is 1. The van der Waals surface area contributed by atoms with Gasteiger partial charge in [-0.1, -0.05) is 60.7 Å². The van der Waals surface area contributed by atoms with E-state index in [9.17, 15) is 8.42 Å².